The topological polar surface area (TPSA) is 255 Å². The minimum absolute atomic E-state index is 0.00142. The Kier molecular flexibility index (Phi) is 7.98. The highest BCUT2D eigenvalue weighted by atomic mass is 32.7. The number of H-pyrrole nitrogens is 1. The number of thiol groups is 1. The lowest BCUT2D eigenvalue weighted by molar-refractivity contribution is -0.0465. The van der Waals surface area contributed by atoms with Crippen molar-refractivity contribution >= 4 is 66.5 Å². The summed E-state index contributed by atoms with van der Waals surface area (Å²) in [6, 6.07) is -1.74. The minimum Gasteiger partial charge on any atom is -0.387 e. The second-order valence-electron chi connectivity index (χ2n) is 10.4. The van der Waals surface area contributed by atoms with Gasteiger partial charge in [0.1, 0.15) is 36.3 Å². The van der Waals surface area contributed by atoms with Gasteiger partial charge in [-0.25, -0.2) is 25.0 Å². The van der Waals surface area contributed by atoms with Gasteiger partial charge in [-0.2, -0.15) is 4.98 Å². The first kappa shape index (κ1) is 30.4. The molecule has 0 radical (unpaired) electrons. The van der Waals surface area contributed by atoms with Crippen LogP contribution in [0.25, 0.3) is 22.3 Å². The summed E-state index contributed by atoms with van der Waals surface area (Å²) >= 11 is 9.97. The molecule has 0 amide bonds. The van der Waals surface area contributed by atoms with Crippen LogP contribution in [0, 0.1) is 6.92 Å². The van der Waals surface area contributed by atoms with E-state index in [1.807, 2.05) is 0 Å². The van der Waals surface area contributed by atoms with E-state index in [9.17, 15) is 19.9 Å². The van der Waals surface area contributed by atoms with Crippen molar-refractivity contribution in [2.45, 2.75) is 55.9 Å². The van der Waals surface area contributed by atoms with Crippen LogP contribution < -0.4 is 21.5 Å². The number of aliphatic hydroxyl groups is 2. The first-order valence-corrected chi connectivity index (χ1v) is 18.3. The zero-order chi connectivity index (χ0) is 30.9. The zero-order valence-electron chi connectivity index (χ0n) is 22.6. The average Bonchev–Trinajstić information content (AvgIpc) is 3.72. The fourth-order valence-electron chi connectivity index (χ4n) is 5.54. The molecule has 0 aliphatic carbocycles. The van der Waals surface area contributed by atoms with E-state index >= 15 is 0 Å². The zero-order valence-corrected chi connectivity index (χ0v) is 26.1. The molecule has 1 unspecified atom stereocenters. The van der Waals surface area contributed by atoms with E-state index in [1.165, 1.54) is 23.5 Å². The molecule has 4 aromatic rings. The number of hydrogen-bond acceptors (Lipinski definition) is 16. The number of nitrogen functional groups attached to an aromatic ring is 1. The van der Waals surface area contributed by atoms with Gasteiger partial charge in [0, 0.05) is 0 Å². The molecular formula is C21H27N11O8P2S2. The van der Waals surface area contributed by atoms with Crippen molar-refractivity contribution in [2.75, 3.05) is 18.9 Å². The lowest BCUT2D eigenvalue weighted by Crippen LogP contribution is -2.47. The van der Waals surface area contributed by atoms with Gasteiger partial charge in [-0.05, 0) is 18.7 Å². The van der Waals surface area contributed by atoms with Gasteiger partial charge in [-0.1, -0.05) is 0 Å². The van der Waals surface area contributed by atoms with Crippen molar-refractivity contribution < 1.29 is 33.6 Å². The van der Waals surface area contributed by atoms with Gasteiger partial charge >= 0.3 is 0 Å². The number of nitrogens with zero attached hydrogens (tertiary/aromatic N) is 7. The molecular weight excluding hydrogens is 660 g/mol. The van der Waals surface area contributed by atoms with Crippen LogP contribution in [0.2, 0.25) is 0 Å². The second-order valence-corrected chi connectivity index (χ2v) is 15.6. The number of imidazole rings is 2. The number of hydrogen-bond donors (Lipinski definition) is 8. The van der Waals surface area contributed by atoms with E-state index in [0.29, 0.717) is 16.9 Å². The Balaban J connectivity index is 1.14. The summed E-state index contributed by atoms with van der Waals surface area (Å²) < 4.78 is 27.1. The van der Waals surface area contributed by atoms with Gasteiger partial charge in [0.2, 0.25) is 5.95 Å². The van der Waals surface area contributed by atoms with Crippen LogP contribution in [0.15, 0.2) is 23.8 Å². The molecule has 0 saturated carbocycles. The third kappa shape index (κ3) is 5.34. The lowest BCUT2D eigenvalue weighted by Gasteiger charge is -2.30. The molecule has 236 valence electrons. The molecule has 7 heterocycles. The van der Waals surface area contributed by atoms with Crippen molar-refractivity contribution in [2.24, 2.45) is 0 Å². The summed E-state index contributed by atoms with van der Waals surface area (Å²) in [6.45, 7) is -2.35. The molecule has 7 rings (SSSR count). The van der Waals surface area contributed by atoms with Gasteiger partial charge < -0.3 is 39.4 Å². The quantitative estimate of drug-likeness (QED) is 0.0900. The summed E-state index contributed by atoms with van der Waals surface area (Å²) in [5.74, 6) is -0.141. The van der Waals surface area contributed by atoms with Gasteiger partial charge in [-0.15, -0.1) is 12.2 Å². The number of aromatic amines is 1. The molecule has 3 fully saturated rings. The van der Waals surface area contributed by atoms with Gasteiger partial charge in [0.25, 0.3) is 12.2 Å². The highest BCUT2D eigenvalue weighted by Gasteiger charge is 2.50. The van der Waals surface area contributed by atoms with Crippen LogP contribution in [0.3, 0.4) is 0 Å². The van der Waals surface area contributed by atoms with E-state index in [0.717, 1.165) is 0 Å². The van der Waals surface area contributed by atoms with E-state index < -0.39 is 68.7 Å². The van der Waals surface area contributed by atoms with Gasteiger partial charge in [0.15, 0.2) is 36.8 Å². The molecule has 0 bridgehead atoms. The van der Waals surface area contributed by atoms with Crippen LogP contribution in [0.4, 0.5) is 5.95 Å². The largest absolute Gasteiger partial charge is 0.387 e. The Morgan fingerprint density at radius 3 is 2.45 bits per heavy atom. The Morgan fingerprint density at radius 2 is 1.70 bits per heavy atom. The number of anilines is 1. The number of fused-ring (bicyclic) bond motifs is 4. The van der Waals surface area contributed by atoms with Crippen molar-refractivity contribution in [1.82, 2.24) is 49.2 Å². The molecule has 8 N–H and O–H groups in total. The van der Waals surface area contributed by atoms with E-state index in [2.05, 4.69) is 52.3 Å². The first-order chi connectivity index (χ1) is 21.0. The molecule has 0 spiro atoms. The molecule has 4 aromatic heterocycles. The molecule has 44 heavy (non-hydrogen) atoms. The standard InChI is InChI=1S/C21H27N11O8P2S2/c1-7-10-16(24-4-23-7)31(5-25-10)19-14(33)11-9(40-19)3-38-42(36,44)30-12-8(2-37-41(43)29-11)39-20(15(12)34)32-6-26-13-17(32)27-21(22)28-18(13)35/h4-6,8-9,11-12,14-15,19-20,29,33-34,43H,2-3H2,1H3,(H2,30,36,44)(H3,22,27,28,35)/t8-,9-,11-,12-,14-,15-,19-,20-,41+,42?/m1/s1. The van der Waals surface area contributed by atoms with Crippen molar-refractivity contribution in [3.63, 3.8) is 0 Å². The normalized spacial score (nSPS) is 36.6. The Hall–Kier alpha value is -2.23. The molecule has 3 aliphatic rings. The second kappa shape index (κ2) is 11.5. The summed E-state index contributed by atoms with van der Waals surface area (Å²) in [5.41, 5.74) is 6.95. The highest BCUT2D eigenvalue weighted by molar-refractivity contribution is 8.42. The minimum atomic E-state index is -3.79. The van der Waals surface area contributed by atoms with Crippen molar-refractivity contribution in [3.05, 3.63) is 35.0 Å². The maximum atomic E-state index is 12.3. The predicted molar refractivity (Wildman–Crippen MR) is 161 cm³/mol. The van der Waals surface area contributed by atoms with Crippen LogP contribution >= 0.6 is 26.4 Å². The van der Waals surface area contributed by atoms with Crippen LogP contribution in [0.5, 0.6) is 0 Å². The van der Waals surface area contributed by atoms with Crippen LogP contribution in [0.1, 0.15) is 18.1 Å². The van der Waals surface area contributed by atoms with Crippen LogP contribution in [-0.4, -0.2) is 104 Å². The summed E-state index contributed by atoms with van der Waals surface area (Å²) in [5, 5.41) is 28.7. The van der Waals surface area contributed by atoms with E-state index in [4.69, 9.17) is 36.1 Å². The maximum Gasteiger partial charge on any atom is 0.280 e. The smallest absolute Gasteiger partial charge is 0.280 e. The Bertz CT molecular complexity index is 1830. The predicted octanol–water partition coefficient (Wildman–Crippen LogP) is -1.30. The number of aliphatic hydroxyl groups excluding tert-OH is 2. The maximum absolute atomic E-state index is 12.3. The number of rotatable bonds is 2. The molecule has 3 aliphatic heterocycles. The summed E-state index contributed by atoms with van der Waals surface area (Å²) in [6.07, 6.45) is -1.99. The van der Waals surface area contributed by atoms with Crippen molar-refractivity contribution in [3.8, 4) is 0 Å². The average molecular weight is 688 g/mol. The number of nitrogens with two attached hydrogens (primary N) is 1. The van der Waals surface area contributed by atoms with Crippen LogP contribution in [-0.2, 0) is 30.3 Å². The number of ether oxygens (including phenoxy) is 2. The lowest BCUT2D eigenvalue weighted by atomic mass is 10.1. The first-order valence-electron chi connectivity index (χ1n) is 13.2. The van der Waals surface area contributed by atoms with E-state index in [-0.39, 0.29) is 30.3 Å². The Morgan fingerprint density at radius 1 is 1.05 bits per heavy atom. The summed E-state index contributed by atoms with van der Waals surface area (Å²) in [7, 11) is -1.68. The third-order valence-corrected chi connectivity index (χ3v) is 11.0. The number of nitrogens with one attached hydrogen (secondary N) is 3. The van der Waals surface area contributed by atoms with Gasteiger partial charge in [0.05, 0.1) is 43.6 Å². The fourth-order valence-corrected chi connectivity index (χ4v) is 8.75. The highest BCUT2D eigenvalue weighted by Crippen LogP contribution is 2.47. The third-order valence-electron chi connectivity index (χ3n) is 7.64. The van der Waals surface area contributed by atoms with E-state index in [1.54, 1.807) is 11.5 Å². The Labute approximate surface area is 258 Å². The number of aromatic nitrogens is 8. The fraction of sp³-hybridized carbons (Fsp3) is 0.524. The monoisotopic (exact) mass is 687 g/mol. The molecule has 23 heteroatoms. The SMILES string of the molecule is Cc1ncnc2c1ncn2[C@@H]1O[C@@H]2COP(O)(=S)N[C@H]3[C@@H](O)[C@H](n4cnc5c(=O)[nH]c(N)nc54)O[C@@H]3CO[P@@](S)N[C@H]2[C@H]1O. The number of aryl methyl sites for hydroxylation is 1. The molecule has 0 aromatic carbocycles. The van der Waals surface area contributed by atoms with Crippen molar-refractivity contribution in [1.29, 1.82) is 0 Å². The molecule has 19 nitrogen and oxygen atoms in total. The molecule has 10 atom stereocenters. The molecule has 3 saturated heterocycles. The van der Waals surface area contributed by atoms with Gasteiger partial charge in [-0.3, -0.25) is 24.0 Å². The summed E-state index contributed by atoms with van der Waals surface area (Å²) in [4.78, 5) is 46.8.